The molecule has 1 heterocycles. The second-order valence-corrected chi connectivity index (χ2v) is 5.46. The van der Waals surface area contributed by atoms with Gasteiger partial charge in [0, 0.05) is 34.4 Å². The smallest absolute Gasteiger partial charge is 0.136 e. The second kappa shape index (κ2) is 6.39. The Morgan fingerprint density at radius 3 is 2.60 bits per heavy atom. The minimum atomic E-state index is 0.171. The quantitative estimate of drug-likeness (QED) is 0.933. The van der Waals surface area contributed by atoms with Gasteiger partial charge in [-0.3, -0.25) is 0 Å². The van der Waals surface area contributed by atoms with Gasteiger partial charge in [-0.15, -0.1) is 0 Å². The molecule has 0 saturated carbocycles. The summed E-state index contributed by atoms with van der Waals surface area (Å²) in [6.45, 7) is 4.47. The molecule has 0 unspecified atom stereocenters. The van der Waals surface area contributed by atoms with Gasteiger partial charge in [0.15, 0.2) is 0 Å². The summed E-state index contributed by atoms with van der Waals surface area (Å²) in [5.74, 6) is 0.781. The molecule has 0 atom stereocenters. The molecule has 0 fully saturated rings. The van der Waals surface area contributed by atoms with E-state index in [0.29, 0.717) is 16.6 Å². The van der Waals surface area contributed by atoms with Crippen molar-refractivity contribution >= 4 is 34.7 Å². The SMILES string of the molecule is CC(C)N(c1ccncn1)c1cc(Cl)cc(Cl)c1CN. The molecule has 1 aromatic carbocycles. The molecule has 0 bridgehead atoms. The van der Waals surface area contributed by atoms with Crippen LogP contribution in [0.25, 0.3) is 0 Å². The molecular formula is C14H16Cl2N4. The fourth-order valence-electron chi connectivity index (χ4n) is 2.10. The predicted molar refractivity (Wildman–Crippen MR) is 83.7 cm³/mol. The Bertz CT molecular complexity index is 587. The molecule has 0 aliphatic carbocycles. The van der Waals surface area contributed by atoms with E-state index in [4.69, 9.17) is 28.9 Å². The van der Waals surface area contributed by atoms with Crippen molar-refractivity contribution in [2.45, 2.75) is 26.4 Å². The Hall–Kier alpha value is -1.36. The summed E-state index contributed by atoms with van der Waals surface area (Å²) < 4.78 is 0. The highest BCUT2D eigenvalue weighted by Gasteiger charge is 2.19. The molecule has 0 spiro atoms. The molecular weight excluding hydrogens is 295 g/mol. The summed E-state index contributed by atoms with van der Waals surface area (Å²) in [6, 6.07) is 5.57. The molecule has 4 nitrogen and oxygen atoms in total. The molecule has 0 amide bonds. The molecule has 0 aliphatic heterocycles. The lowest BCUT2D eigenvalue weighted by Crippen LogP contribution is -2.28. The Morgan fingerprint density at radius 1 is 1.30 bits per heavy atom. The molecule has 106 valence electrons. The van der Waals surface area contributed by atoms with E-state index >= 15 is 0 Å². The van der Waals surface area contributed by atoms with E-state index in [1.165, 1.54) is 6.33 Å². The summed E-state index contributed by atoms with van der Waals surface area (Å²) in [5.41, 5.74) is 7.55. The summed E-state index contributed by atoms with van der Waals surface area (Å²) in [4.78, 5) is 10.3. The van der Waals surface area contributed by atoms with Gasteiger partial charge < -0.3 is 10.6 Å². The van der Waals surface area contributed by atoms with E-state index in [1.807, 2.05) is 17.0 Å². The molecule has 1 aromatic heterocycles. The molecule has 20 heavy (non-hydrogen) atoms. The lowest BCUT2D eigenvalue weighted by molar-refractivity contribution is 0.769. The number of nitrogens with zero attached hydrogens (tertiary/aromatic N) is 3. The van der Waals surface area contributed by atoms with Crippen LogP contribution in [0.3, 0.4) is 0 Å². The Labute approximate surface area is 128 Å². The van der Waals surface area contributed by atoms with Crippen LogP contribution in [0.15, 0.2) is 30.7 Å². The molecule has 0 saturated heterocycles. The van der Waals surface area contributed by atoms with Crippen LogP contribution in [0, 0.1) is 0 Å². The third-order valence-corrected chi connectivity index (χ3v) is 3.49. The summed E-state index contributed by atoms with van der Waals surface area (Å²) in [5, 5.41) is 1.14. The first kappa shape index (κ1) is 15.0. The number of halogens is 2. The Morgan fingerprint density at radius 2 is 2.05 bits per heavy atom. The van der Waals surface area contributed by atoms with Gasteiger partial charge in [0.05, 0.1) is 5.69 Å². The first-order valence-corrected chi connectivity index (χ1v) is 7.03. The minimum absolute atomic E-state index is 0.171. The largest absolute Gasteiger partial charge is 0.326 e. The van der Waals surface area contributed by atoms with E-state index in [2.05, 4.69) is 23.8 Å². The number of benzene rings is 1. The Kier molecular flexibility index (Phi) is 4.81. The maximum absolute atomic E-state index is 6.25. The van der Waals surface area contributed by atoms with Crippen molar-refractivity contribution in [3.63, 3.8) is 0 Å². The van der Waals surface area contributed by atoms with Crippen molar-refractivity contribution in [1.29, 1.82) is 0 Å². The lowest BCUT2D eigenvalue weighted by Gasteiger charge is -2.30. The minimum Gasteiger partial charge on any atom is -0.326 e. The van der Waals surface area contributed by atoms with Crippen LogP contribution in [0.2, 0.25) is 10.0 Å². The second-order valence-electron chi connectivity index (χ2n) is 4.62. The lowest BCUT2D eigenvalue weighted by atomic mass is 10.1. The maximum Gasteiger partial charge on any atom is 0.136 e. The number of aromatic nitrogens is 2. The summed E-state index contributed by atoms with van der Waals surface area (Å²) in [6.07, 6.45) is 3.21. The number of nitrogens with two attached hydrogens (primary N) is 1. The van der Waals surface area contributed by atoms with E-state index in [-0.39, 0.29) is 6.04 Å². The molecule has 2 N–H and O–H groups in total. The number of hydrogen-bond acceptors (Lipinski definition) is 4. The normalized spacial score (nSPS) is 10.9. The van der Waals surface area contributed by atoms with E-state index in [0.717, 1.165) is 17.1 Å². The number of rotatable bonds is 4. The molecule has 2 aromatic rings. The monoisotopic (exact) mass is 310 g/mol. The third-order valence-electron chi connectivity index (χ3n) is 2.93. The molecule has 0 radical (unpaired) electrons. The third kappa shape index (κ3) is 3.03. The van der Waals surface area contributed by atoms with E-state index in [9.17, 15) is 0 Å². The summed E-state index contributed by atoms with van der Waals surface area (Å²) in [7, 11) is 0. The van der Waals surface area contributed by atoms with Crippen molar-refractivity contribution in [1.82, 2.24) is 9.97 Å². The van der Waals surface area contributed by atoms with Gasteiger partial charge in [0.25, 0.3) is 0 Å². The van der Waals surface area contributed by atoms with Gasteiger partial charge in [-0.2, -0.15) is 0 Å². The standard InChI is InChI=1S/C14H16Cl2N4/c1-9(2)20(14-3-4-18-8-19-14)13-6-10(15)5-12(16)11(13)7-17/h3-6,8-9H,7,17H2,1-2H3. The highest BCUT2D eigenvalue weighted by atomic mass is 35.5. The van der Waals surface area contributed by atoms with Crippen LogP contribution in [0.1, 0.15) is 19.4 Å². The zero-order chi connectivity index (χ0) is 14.7. The highest BCUT2D eigenvalue weighted by Crippen LogP contribution is 2.35. The fraction of sp³-hybridized carbons (Fsp3) is 0.286. The highest BCUT2D eigenvalue weighted by molar-refractivity contribution is 6.35. The molecule has 0 aliphatic rings. The van der Waals surface area contributed by atoms with Crippen LogP contribution < -0.4 is 10.6 Å². The Balaban J connectivity index is 2.61. The van der Waals surface area contributed by atoms with Gasteiger partial charge in [0.1, 0.15) is 12.1 Å². The van der Waals surface area contributed by atoms with Crippen LogP contribution in [0.5, 0.6) is 0 Å². The number of anilines is 2. The molecule has 2 rings (SSSR count). The van der Waals surface area contributed by atoms with Crippen LogP contribution in [-0.2, 0) is 6.54 Å². The van der Waals surface area contributed by atoms with Gasteiger partial charge >= 0.3 is 0 Å². The van der Waals surface area contributed by atoms with Crippen molar-refractivity contribution in [3.05, 3.63) is 46.3 Å². The average Bonchev–Trinajstić information content (AvgIpc) is 2.39. The fourth-order valence-corrected chi connectivity index (χ4v) is 2.66. The van der Waals surface area contributed by atoms with Gasteiger partial charge in [-0.25, -0.2) is 9.97 Å². The number of hydrogen-bond donors (Lipinski definition) is 1. The zero-order valence-corrected chi connectivity index (χ0v) is 12.9. The van der Waals surface area contributed by atoms with E-state index < -0.39 is 0 Å². The van der Waals surface area contributed by atoms with Crippen LogP contribution in [-0.4, -0.2) is 16.0 Å². The van der Waals surface area contributed by atoms with Crippen LogP contribution >= 0.6 is 23.2 Å². The van der Waals surface area contributed by atoms with Crippen molar-refractivity contribution in [2.75, 3.05) is 4.90 Å². The average molecular weight is 311 g/mol. The summed E-state index contributed by atoms with van der Waals surface area (Å²) >= 11 is 12.4. The predicted octanol–water partition coefficient (Wildman–Crippen LogP) is 3.79. The maximum atomic E-state index is 6.25. The van der Waals surface area contributed by atoms with Crippen LogP contribution in [0.4, 0.5) is 11.5 Å². The van der Waals surface area contributed by atoms with Gasteiger partial charge in [0.2, 0.25) is 0 Å². The van der Waals surface area contributed by atoms with E-state index in [1.54, 1.807) is 12.3 Å². The van der Waals surface area contributed by atoms with Gasteiger partial charge in [-0.05, 0) is 32.0 Å². The van der Waals surface area contributed by atoms with Crippen molar-refractivity contribution in [2.24, 2.45) is 5.73 Å². The zero-order valence-electron chi connectivity index (χ0n) is 11.3. The first-order valence-electron chi connectivity index (χ1n) is 6.27. The van der Waals surface area contributed by atoms with Crippen molar-refractivity contribution in [3.8, 4) is 0 Å². The van der Waals surface area contributed by atoms with Crippen molar-refractivity contribution < 1.29 is 0 Å². The first-order chi connectivity index (χ1) is 9.54. The van der Waals surface area contributed by atoms with Gasteiger partial charge in [-0.1, -0.05) is 23.2 Å². The molecule has 6 heteroatoms. The topological polar surface area (TPSA) is 55.0 Å².